The van der Waals surface area contributed by atoms with E-state index in [0.29, 0.717) is 5.75 Å². The van der Waals surface area contributed by atoms with Crippen LogP contribution in [0.3, 0.4) is 0 Å². The van der Waals surface area contributed by atoms with Gasteiger partial charge in [0.15, 0.2) is 11.5 Å². The number of sulfonamides is 1. The van der Waals surface area contributed by atoms with E-state index in [9.17, 15) is 13.2 Å². The molecule has 2 N–H and O–H groups in total. The van der Waals surface area contributed by atoms with E-state index in [1.54, 1.807) is 0 Å². The second kappa shape index (κ2) is 6.58. The largest absolute Gasteiger partial charge is 0.493 e. The highest BCUT2D eigenvalue weighted by atomic mass is 32.2. The van der Waals surface area contributed by atoms with Crippen molar-refractivity contribution in [1.82, 2.24) is 4.72 Å². The lowest BCUT2D eigenvalue weighted by Crippen LogP contribution is -2.34. The summed E-state index contributed by atoms with van der Waals surface area (Å²) in [5.41, 5.74) is 0. The molecular formula is C12H17NO6S. The molecule has 0 heterocycles. The van der Waals surface area contributed by atoms with Gasteiger partial charge in [-0.15, -0.1) is 0 Å². The summed E-state index contributed by atoms with van der Waals surface area (Å²) in [4.78, 5) is 10.5. The van der Waals surface area contributed by atoms with Crippen LogP contribution in [0.25, 0.3) is 0 Å². The Morgan fingerprint density at radius 1 is 1.30 bits per heavy atom. The van der Waals surface area contributed by atoms with Gasteiger partial charge in [0.05, 0.1) is 25.5 Å². The predicted molar refractivity (Wildman–Crippen MR) is 71.6 cm³/mol. The molecule has 20 heavy (non-hydrogen) atoms. The highest BCUT2D eigenvalue weighted by Crippen LogP contribution is 2.29. The van der Waals surface area contributed by atoms with Crippen LogP contribution < -0.4 is 14.2 Å². The number of aliphatic carboxylic acids is 1. The van der Waals surface area contributed by atoms with Crippen molar-refractivity contribution >= 4 is 16.0 Å². The Balaban J connectivity index is 3.01. The van der Waals surface area contributed by atoms with Gasteiger partial charge in [-0.25, -0.2) is 13.1 Å². The molecule has 8 heteroatoms. The van der Waals surface area contributed by atoms with Crippen LogP contribution >= 0.6 is 0 Å². The maximum absolute atomic E-state index is 12.1. The highest BCUT2D eigenvalue weighted by Gasteiger charge is 2.20. The number of hydrogen-bond acceptors (Lipinski definition) is 5. The van der Waals surface area contributed by atoms with E-state index in [4.69, 9.17) is 14.6 Å². The summed E-state index contributed by atoms with van der Waals surface area (Å²) in [5, 5.41) is 8.63. The molecule has 112 valence electrons. The first-order chi connectivity index (χ1) is 9.30. The molecule has 1 atom stereocenters. The Kier molecular flexibility index (Phi) is 5.34. The number of carbonyl (C=O) groups is 1. The maximum Gasteiger partial charge on any atom is 0.304 e. The van der Waals surface area contributed by atoms with Gasteiger partial charge in [0.2, 0.25) is 10.0 Å². The van der Waals surface area contributed by atoms with Crippen LogP contribution in [-0.2, 0) is 14.8 Å². The van der Waals surface area contributed by atoms with Crippen molar-refractivity contribution in [1.29, 1.82) is 0 Å². The minimum atomic E-state index is -3.81. The minimum absolute atomic E-state index is 0.0209. The van der Waals surface area contributed by atoms with Crippen LogP contribution in [0, 0.1) is 0 Å². The Morgan fingerprint density at radius 3 is 2.40 bits per heavy atom. The quantitative estimate of drug-likeness (QED) is 0.774. The van der Waals surface area contributed by atoms with Crippen molar-refractivity contribution in [2.75, 3.05) is 14.2 Å². The van der Waals surface area contributed by atoms with Gasteiger partial charge in [-0.2, -0.15) is 0 Å². The van der Waals surface area contributed by atoms with Gasteiger partial charge in [0, 0.05) is 12.1 Å². The molecule has 0 fully saturated rings. The summed E-state index contributed by atoms with van der Waals surface area (Å²) in [6.07, 6.45) is -0.299. The van der Waals surface area contributed by atoms with Crippen LogP contribution in [0.2, 0.25) is 0 Å². The molecule has 1 unspecified atom stereocenters. The van der Waals surface area contributed by atoms with E-state index in [1.807, 2.05) is 0 Å². The van der Waals surface area contributed by atoms with Gasteiger partial charge < -0.3 is 14.6 Å². The van der Waals surface area contributed by atoms with Gasteiger partial charge in [0.1, 0.15) is 0 Å². The van der Waals surface area contributed by atoms with Crippen molar-refractivity contribution in [2.45, 2.75) is 24.3 Å². The van der Waals surface area contributed by atoms with E-state index in [2.05, 4.69) is 4.72 Å². The second-order valence-corrected chi connectivity index (χ2v) is 5.85. The topological polar surface area (TPSA) is 102 Å². The van der Waals surface area contributed by atoms with Crippen LogP contribution in [0.4, 0.5) is 0 Å². The zero-order valence-electron chi connectivity index (χ0n) is 11.4. The Bertz CT molecular complexity index is 584. The van der Waals surface area contributed by atoms with Gasteiger partial charge in [-0.1, -0.05) is 0 Å². The molecule has 1 aromatic rings. The average molecular weight is 303 g/mol. The molecule has 0 spiro atoms. The lowest BCUT2D eigenvalue weighted by Gasteiger charge is -2.14. The van der Waals surface area contributed by atoms with Gasteiger partial charge in [-0.3, -0.25) is 4.79 Å². The van der Waals surface area contributed by atoms with Crippen LogP contribution in [0.5, 0.6) is 11.5 Å². The molecule has 0 aliphatic carbocycles. The number of carboxylic acid groups (broad SMARTS) is 1. The molecule has 0 radical (unpaired) electrons. The first kappa shape index (κ1) is 16.3. The number of carboxylic acids is 1. The smallest absolute Gasteiger partial charge is 0.304 e. The highest BCUT2D eigenvalue weighted by molar-refractivity contribution is 7.89. The molecular weight excluding hydrogens is 286 g/mol. The van der Waals surface area contributed by atoms with E-state index in [1.165, 1.54) is 39.3 Å². The summed E-state index contributed by atoms with van der Waals surface area (Å²) >= 11 is 0. The van der Waals surface area contributed by atoms with E-state index >= 15 is 0 Å². The minimum Gasteiger partial charge on any atom is -0.493 e. The fourth-order valence-electron chi connectivity index (χ4n) is 1.62. The number of nitrogens with one attached hydrogen (secondary N) is 1. The molecule has 1 aromatic carbocycles. The molecule has 0 saturated carbocycles. The molecule has 7 nitrogen and oxygen atoms in total. The Morgan fingerprint density at radius 2 is 1.90 bits per heavy atom. The number of benzene rings is 1. The van der Waals surface area contributed by atoms with E-state index in [0.717, 1.165) is 0 Å². The van der Waals surface area contributed by atoms with Crippen molar-refractivity contribution < 1.29 is 27.8 Å². The molecule has 1 rings (SSSR count). The SMILES string of the molecule is COc1ccc(S(=O)(=O)NC(C)CC(=O)O)cc1OC. The van der Waals surface area contributed by atoms with Crippen molar-refractivity contribution in [3.63, 3.8) is 0 Å². The predicted octanol–water partition coefficient (Wildman–Crippen LogP) is 0.845. The second-order valence-electron chi connectivity index (χ2n) is 4.14. The van der Waals surface area contributed by atoms with Crippen LogP contribution in [-0.4, -0.2) is 39.8 Å². The first-order valence-electron chi connectivity index (χ1n) is 5.76. The average Bonchev–Trinajstić information content (AvgIpc) is 2.36. The molecule has 0 aliphatic heterocycles. The molecule has 0 saturated heterocycles. The zero-order valence-corrected chi connectivity index (χ0v) is 12.2. The Labute approximate surface area is 117 Å². The number of ether oxygens (including phenoxy) is 2. The summed E-state index contributed by atoms with van der Waals surface area (Å²) in [7, 11) is -0.970. The van der Waals surface area contributed by atoms with Crippen molar-refractivity contribution in [3.05, 3.63) is 18.2 Å². The van der Waals surface area contributed by atoms with Crippen molar-refractivity contribution in [2.24, 2.45) is 0 Å². The summed E-state index contributed by atoms with van der Waals surface area (Å²) in [6, 6.07) is 3.42. The molecule has 0 aromatic heterocycles. The normalized spacial score (nSPS) is 12.8. The van der Waals surface area contributed by atoms with E-state index < -0.39 is 22.0 Å². The molecule has 0 aliphatic rings. The van der Waals surface area contributed by atoms with Crippen LogP contribution in [0.1, 0.15) is 13.3 Å². The molecule has 0 amide bonds. The Hall–Kier alpha value is -1.80. The fourth-order valence-corrected chi connectivity index (χ4v) is 2.88. The number of methoxy groups -OCH3 is 2. The third-order valence-electron chi connectivity index (χ3n) is 2.50. The summed E-state index contributed by atoms with van der Waals surface area (Å²) in [6.45, 7) is 1.48. The third-order valence-corrected chi connectivity index (χ3v) is 4.09. The van der Waals surface area contributed by atoms with Gasteiger partial charge in [0.25, 0.3) is 0 Å². The first-order valence-corrected chi connectivity index (χ1v) is 7.24. The summed E-state index contributed by atoms with van der Waals surface area (Å²) in [5.74, 6) is -0.390. The number of hydrogen-bond donors (Lipinski definition) is 2. The third kappa shape index (κ3) is 4.10. The van der Waals surface area contributed by atoms with Gasteiger partial charge in [-0.05, 0) is 19.1 Å². The van der Waals surface area contributed by atoms with Crippen molar-refractivity contribution in [3.8, 4) is 11.5 Å². The number of rotatable bonds is 7. The zero-order chi connectivity index (χ0) is 15.3. The lowest BCUT2D eigenvalue weighted by molar-refractivity contribution is -0.137. The van der Waals surface area contributed by atoms with Gasteiger partial charge >= 0.3 is 5.97 Å². The molecule has 0 bridgehead atoms. The standard InChI is InChI=1S/C12H17NO6S/c1-8(6-12(14)15)13-20(16,17)9-4-5-10(18-2)11(7-9)19-3/h4-5,7-8,13H,6H2,1-3H3,(H,14,15). The lowest BCUT2D eigenvalue weighted by atomic mass is 10.3. The summed E-state index contributed by atoms with van der Waals surface area (Å²) < 4.78 is 36.5. The van der Waals surface area contributed by atoms with E-state index in [-0.39, 0.29) is 17.1 Å². The maximum atomic E-state index is 12.1. The fraction of sp³-hybridized carbons (Fsp3) is 0.417. The monoisotopic (exact) mass is 303 g/mol. The van der Waals surface area contributed by atoms with Crippen LogP contribution in [0.15, 0.2) is 23.1 Å².